The number of allylic oxidation sites excluding steroid dienone is 13. The summed E-state index contributed by atoms with van der Waals surface area (Å²) < 4.78 is 30.8. The molecule has 10 heteroatoms. The number of quaternary nitrogens is 1. The number of ether oxygens (including phenoxy) is 1. The van der Waals surface area contributed by atoms with Crippen LogP contribution in [0.3, 0.4) is 0 Å². The van der Waals surface area contributed by atoms with Crippen LogP contribution >= 0.6 is 7.82 Å². The molecular weight excluding hydrogens is 1080 g/mol. The molecule has 86 heavy (non-hydrogen) atoms. The van der Waals surface area contributed by atoms with Gasteiger partial charge in [0.25, 0.3) is 0 Å². The van der Waals surface area contributed by atoms with Crippen molar-refractivity contribution < 1.29 is 37.3 Å². The summed E-state index contributed by atoms with van der Waals surface area (Å²) in [6, 6.07) is -0.860. The molecule has 2 N–H and O–H groups in total. The van der Waals surface area contributed by atoms with Gasteiger partial charge in [-0.05, 0) is 83.1 Å². The molecule has 0 aromatic heterocycles. The van der Waals surface area contributed by atoms with Gasteiger partial charge in [0, 0.05) is 12.8 Å². The Hall–Kier alpha value is -2.81. The first-order valence-electron chi connectivity index (χ1n) is 36.4. The maximum absolute atomic E-state index is 13.6. The highest BCUT2D eigenvalue weighted by Gasteiger charge is 2.30. The SMILES string of the molecule is CC/C=C\C/C=C\C/C=C\C/C=C\C/C=C\C/C=C\CCCCCCCCC(=O)NC(COP(=O)(O)OCC[N+](C)(C)C)C(/C=C/CCCCCCCCCCCC)OC(=O)CCCCCCCCCCCCCCCCCCCCCCCCC. The standard InChI is InChI=1S/C76H139N2O7P/c1-7-10-13-16-19-22-25-28-30-32-34-36-38-39-41-42-44-46-48-50-53-56-59-62-65-68-75(79)77-73(72-84-86(81,82)83-71-70-78(4,5)6)74(67-64-61-58-55-52-27-24-21-18-15-12-9-3)85-76(80)69-66-63-60-57-54-51-49-47-45-43-40-37-35-33-31-29-26-23-20-17-14-11-8-2/h10,13,19,22,28,30,34,36,39,41,44,46,64,67,73-74H,7-9,11-12,14-18,20-21,23-27,29,31-33,35,37-38,40,42-43,45,47-63,65-66,68-72H2,1-6H3,(H-,77,79,81,82)/p+1/b13-10-,22-19-,30-28-,36-34-,41-39-,46-44-,67-64+. The van der Waals surface area contributed by atoms with Gasteiger partial charge in [-0.25, -0.2) is 4.57 Å². The maximum Gasteiger partial charge on any atom is 0.472 e. The molecule has 500 valence electrons. The fourth-order valence-corrected chi connectivity index (χ4v) is 11.3. The van der Waals surface area contributed by atoms with Gasteiger partial charge in [0.2, 0.25) is 5.91 Å². The lowest BCUT2D eigenvalue weighted by atomic mass is 10.0. The Morgan fingerprint density at radius 3 is 1.12 bits per heavy atom. The lowest BCUT2D eigenvalue weighted by molar-refractivity contribution is -0.870. The van der Waals surface area contributed by atoms with Crippen LogP contribution in [0, 0.1) is 0 Å². The molecule has 0 aromatic rings. The van der Waals surface area contributed by atoms with Crippen LogP contribution in [0.15, 0.2) is 85.1 Å². The second-order valence-electron chi connectivity index (χ2n) is 25.7. The van der Waals surface area contributed by atoms with Gasteiger partial charge in [0.05, 0.1) is 33.8 Å². The summed E-state index contributed by atoms with van der Waals surface area (Å²) >= 11 is 0. The van der Waals surface area contributed by atoms with Gasteiger partial charge in [-0.2, -0.15) is 0 Å². The Morgan fingerprint density at radius 2 is 0.744 bits per heavy atom. The number of phosphoric acid groups is 1. The average molecular weight is 1220 g/mol. The number of hydrogen-bond acceptors (Lipinski definition) is 6. The highest BCUT2D eigenvalue weighted by atomic mass is 31.2. The summed E-state index contributed by atoms with van der Waals surface area (Å²) in [4.78, 5) is 37.9. The molecule has 0 aliphatic heterocycles. The van der Waals surface area contributed by atoms with E-state index < -0.39 is 20.0 Å². The van der Waals surface area contributed by atoms with E-state index in [4.69, 9.17) is 13.8 Å². The maximum atomic E-state index is 13.6. The van der Waals surface area contributed by atoms with Gasteiger partial charge in [0.15, 0.2) is 0 Å². The molecule has 3 unspecified atom stereocenters. The van der Waals surface area contributed by atoms with Crippen molar-refractivity contribution in [2.75, 3.05) is 40.9 Å². The Bertz CT molecular complexity index is 1750. The van der Waals surface area contributed by atoms with E-state index in [-0.39, 0.29) is 31.5 Å². The van der Waals surface area contributed by atoms with Crippen LogP contribution < -0.4 is 5.32 Å². The molecule has 0 aliphatic carbocycles. The smallest absolute Gasteiger partial charge is 0.456 e. The molecule has 0 saturated heterocycles. The number of unbranched alkanes of at least 4 members (excludes halogenated alkanes) is 38. The normalized spacial score (nSPS) is 14.0. The number of rotatable bonds is 66. The molecule has 0 aromatic carbocycles. The van der Waals surface area contributed by atoms with Crippen LogP contribution in [-0.2, 0) is 27.9 Å². The quantitative estimate of drug-likeness (QED) is 0.0205. The fourth-order valence-electron chi connectivity index (χ4n) is 10.5. The number of carbonyl (C=O) groups excluding carboxylic acids is 2. The molecule has 0 spiro atoms. The number of nitrogens with zero attached hydrogens (tertiary/aromatic N) is 1. The third-order valence-electron chi connectivity index (χ3n) is 16.1. The Labute approximate surface area is 533 Å². The van der Waals surface area contributed by atoms with E-state index in [1.54, 1.807) is 0 Å². The zero-order valence-corrected chi connectivity index (χ0v) is 58.2. The summed E-state index contributed by atoms with van der Waals surface area (Å²) in [7, 11) is 1.49. The first-order valence-corrected chi connectivity index (χ1v) is 37.9. The molecule has 0 aliphatic rings. The molecule has 0 saturated carbocycles. The van der Waals surface area contributed by atoms with Gasteiger partial charge < -0.3 is 19.4 Å². The lowest BCUT2D eigenvalue weighted by Gasteiger charge is -2.27. The summed E-state index contributed by atoms with van der Waals surface area (Å²) in [5, 5.41) is 3.07. The average Bonchev–Trinajstić information content (AvgIpc) is 3.69. The zero-order chi connectivity index (χ0) is 62.8. The van der Waals surface area contributed by atoms with Gasteiger partial charge in [0.1, 0.15) is 19.3 Å². The lowest BCUT2D eigenvalue weighted by Crippen LogP contribution is -2.47. The van der Waals surface area contributed by atoms with Crippen molar-refractivity contribution in [2.45, 2.75) is 348 Å². The third-order valence-corrected chi connectivity index (χ3v) is 17.1. The first-order chi connectivity index (χ1) is 41.9. The highest BCUT2D eigenvalue weighted by molar-refractivity contribution is 7.47. The predicted octanol–water partition coefficient (Wildman–Crippen LogP) is 23.3. The summed E-state index contributed by atoms with van der Waals surface area (Å²) in [6.07, 6.45) is 87.4. The fraction of sp³-hybridized carbons (Fsp3) is 0.789. The van der Waals surface area contributed by atoms with E-state index in [2.05, 4.69) is 99.0 Å². The molecular formula is C76H140N2O7P+. The van der Waals surface area contributed by atoms with Crippen molar-refractivity contribution in [1.82, 2.24) is 5.32 Å². The van der Waals surface area contributed by atoms with Crippen LogP contribution in [-0.4, -0.2) is 74.3 Å². The van der Waals surface area contributed by atoms with Crippen LogP contribution in [0.2, 0.25) is 0 Å². The first kappa shape index (κ1) is 83.2. The largest absolute Gasteiger partial charge is 0.472 e. The van der Waals surface area contributed by atoms with Crippen LogP contribution in [0.1, 0.15) is 335 Å². The van der Waals surface area contributed by atoms with Crippen molar-refractivity contribution >= 4 is 19.7 Å². The number of likely N-dealkylation sites (N-methyl/N-ethyl adjacent to an activating group) is 1. The van der Waals surface area contributed by atoms with E-state index in [0.717, 1.165) is 122 Å². The predicted molar refractivity (Wildman–Crippen MR) is 374 cm³/mol. The molecule has 9 nitrogen and oxygen atoms in total. The molecule has 0 fully saturated rings. The van der Waals surface area contributed by atoms with E-state index >= 15 is 0 Å². The van der Waals surface area contributed by atoms with Crippen molar-refractivity contribution in [1.29, 1.82) is 0 Å². The molecule has 3 atom stereocenters. The molecule has 1 amide bonds. The summed E-state index contributed by atoms with van der Waals surface area (Å²) in [5.74, 6) is -0.512. The topological polar surface area (TPSA) is 111 Å². The second-order valence-corrected chi connectivity index (χ2v) is 27.2. The molecule has 0 heterocycles. The number of nitrogens with one attached hydrogen (secondary N) is 1. The number of esters is 1. The number of phosphoric ester groups is 1. The van der Waals surface area contributed by atoms with Crippen molar-refractivity contribution in [2.24, 2.45) is 0 Å². The van der Waals surface area contributed by atoms with Crippen LogP contribution in [0.5, 0.6) is 0 Å². The van der Waals surface area contributed by atoms with Crippen LogP contribution in [0.4, 0.5) is 0 Å². The summed E-state index contributed by atoms with van der Waals surface area (Å²) in [5.41, 5.74) is 0. The highest BCUT2D eigenvalue weighted by Crippen LogP contribution is 2.43. The Balaban J connectivity index is 5.08. The van der Waals surface area contributed by atoms with E-state index in [0.29, 0.717) is 17.4 Å². The van der Waals surface area contributed by atoms with Crippen molar-refractivity contribution in [3.05, 3.63) is 85.1 Å². The Kier molecular flexibility index (Phi) is 63.0. The van der Waals surface area contributed by atoms with Gasteiger partial charge in [-0.3, -0.25) is 18.6 Å². The third kappa shape index (κ3) is 65.6. The molecule has 0 radical (unpaired) electrons. The molecule has 0 rings (SSSR count). The van der Waals surface area contributed by atoms with Crippen LogP contribution in [0.25, 0.3) is 0 Å². The van der Waals surface area contributed by atoms with Gasteiger partial charge in [-0.1, -0.05) is 324 Å². The second kappa shape index (κ2) is 65.2. The minimum Gasteiger partial charge on any atom is -0.456 e. The molecule has 0 bridgehead atoms. The Morgan fingerprint density at radius 1 is 0.419 bits per heavy atom. The van der Waals surface area contributed by atoms with Crippen molar-refractivity contribution in [3.63, 3.8) is 0 Å². The minimum absolute atomic E-state index is 0.0353. The van der Waals surface area contributed by atoms with E-state index in [1.807, 2.05) is 33.3 Å². The monoisotopic (exact) mass is 1220 g/mol. The number of hydrogen-bond donors (Lipinski definition) is 2. The van der Waals surface area contributed by atoms with E-state index in [1.165, 1.54) is 180 Å². The zero-order valence-electron chi connectivity index (χ0n) is 57.3. The summed E-state index contributed by atoms with van der Waals surface area (Å²) in [6.45, 7) is 6.93. The van der Waals surface area contributed by atoms with Gasteiger partial charge >= 0.3 is 13.8 Å². The van der Waals surface area contributed by atoms with Crippen molar-refractivity contribution in [3.8, 4) is 0 Å². The number of amides is 1. The van der Waals surface area contributed by atoms with Gasteiger partial charge in [-0.15, -0.1) is 0 Å². The number of carbonyl (C=O) groups is 2. The minimum atomic E-state index is -4.46. The van der Waals surface area contributed by atoms with E-state index in [9.17, 15) is 19.0 Å².